The second kappa shape index (κ2) is 8.91. The van der Waals surface area contributed by atoms with E-state index in [4.69, 9.17) is 0 Å². The number of hydrogen-bond acceptors (Lipinski definition) is 3. The summed E-state index contributed by atoms with van der Waals surface area (Å²) in [5, 5.41) is 3.23. The summed E-state index contributed by atoms with van der Waals surface area (Å²) in [6, 6.07) is 0. The fourth-order valence-electron chi connectivity index (χ4n) is 2.21. The molecule has 0 aromatic rings. The summed E-state index contributed by atoms with van der Waals surface area (Å²) in [5.74, 6) is 0.419. The smallest absolute Gasteiger partial charge is 0.223 e. The molecule has 1 N–H and O–H groups in total. The summed E-state index contributed by atoms with van der Waals surface area (Å²) >= 11 is 0. The fourth-order valence-corrected chi connectivity index (χ4v) is 2.21. The zero-order valence-electron chi connectivity index (χ0n) is 12.3. The summed E-state index contributed by atoms with van der Waals surface area (Å²) in [5.41, 5.74) is 0. The number of amides is 2. The molecule has 1 aliphatic heterocycles. The molecule has 0 spiro atoms. The van der Waals surface area contributed by atoms with Gasteiger partial charge in [0.15, 0.2) is 0 Å². The molecular weight excluding hydrogens is 242 g/mol. The van der Waals surface area contributed by atoms with Crippen LogP contribution in [0.2, 0.25) is 0 Å². The van der Waals surface area contributed by atoms with Crippen LogP contribution in [0.3, 0.4) is 0 Å². The van der Waals surface area contributed by atoms with E-state index >= 15 is 0 Å². The monoisotopic (exact) mass is 269 g/mol. The largest absolute Gasteiger partial charge is 0.349 e. The molecule has 0 bridgehead atoms. The van der Waals surface area contributed by atoms with Gasteiger partial charge >= 0.3 is 0 Å². The predicted octanol–water partition coefficient (Wildman–Crippen LogP) is 0.847. The van der Waals surface area contributed by atoms with Crippen LogP contribution in [-0.4, -0.2) is 61.9 Å². The van der Waals surface area contributed by atoms with E-state index in [0.29, 0.717) is 19.4 Å². The van der Waals surface area contributed by atoms with E-state index in [1.54, 1.807) is 19.0 Å². The third kappa shape index (κ3) is 6.57. The number of rotatable bonds is 7. The Kier molecular flexibility index (Phi) is 7.48. The first kappa shape index (κ1) is 16.0. The average molecular weight is 269 g/mol. The molecule has 19 heavy (non-hydrogen) atoms. The van der Waals surface area contributed by atoms with E-state index in [9.17, 15) is 9.59 Å². The van der Waals surface area contributed by atoms with E-state index in [1.165, 1.54) is 6.42 Å². The molecule has 1 fully saturated rings. The Morgan fingerprint density at radius 2 is 1.74 bits per heavy atom. The number of piperidine rings is 1. The van der Waals surface area contributed by atoms with E-state index in [-0.39, 0.29) is 11.8 Å². The molecule has 0 saturated carbocycles. The van der Waals surface area contributed by atoms with Gasteiger partial charge in [-0.2, -0.15) is 0 Å². The molecule has 0 radical (unpaired) electrons. The van der Waals surface area contributed by atoms with Crippen LogP contribution in [0.4, 0.5) is 0 Å². The molecule has 5 heteroatoms. The maximum absolute atomic E-state index is 11.9. The summed E-state index contributed by atoms with van der Waals surface area (Å²) in [7, 11) is 3.54. The van der Waals surface area contributed by atoms with Gasteiger partial charge in [0.05, 0.1) is 0 Å². The van der Waals surface area contributed by atoms with Crippen molar-refractivity contribution in [3.05, 3.63) is 0 Å². The minimum absolute atomic E-state index is 0.159. The van der Waals surface area contributed by atoms with Crippen LogP contribution < -0.4 is 5.32 Å². The van der Waals surface area contributed by atoms with Crippen LogP contribution in [0.1, 0.15) is 38.5 Å². The standard InChI is InChI=1S/C14H27N3O2/c1-16(2)13(18)7-6-9-15-10-8-14(19)17-11-4-3-5-12-17/h15H,3-12H2,1-2H3. The molecule has 0 aromatic carbocycles. The summed E-state index contributed by atoms with van der Waals surface area (Å²) in [6.07, 6.45) is 5.51. The van der Waals surface area contributed by atoms with Crippen LogP contribution >= 0.6 is 0 Å². The summed E-state index contributed by atoms with van der Waals surface area (Å²) < 4.78 is 0. The lowest BCUT2D eigenvalue weighted by Crippen LogP contribution is -2.37. The Morgan fingerprint density at radius 3 is 2.37 bits per heavy atom. The topological polar surface area (TPSA) is 52.7 Å². The number of likely N-dealkylation sites (tertiary alicyclic amines) is 1. The lowest BCUT2D eigenvalue weighted by atomic mass is 10.1. The van der Waals surface area contributed by atoms with Crippen molar-refractivity contribution < 1.29 is 9.59 Å². The van der Waals surface area contributed by atoms with Gasteiger partial charge in [-0.1, -0.05) is 0 Å². The third-order valence-electron chi connectivity index (χ3n) is 3.47. The molecule has 2 amide bonds. The highest BCUT2D eigenvalue weighted by Gasteiger charge is 2.15. The maximum atomic E-state index is 11.9. The van der Waals surface area contributed by atoms with E-state index < -0.39 is 0 Å². The highest BCUT2D eigenvalue weighted by molar-refractivity contribution is 5.76. The molecule has 1 heterocycles. The van der Waals surface area contributed by atoms with Crippen LogP contribution in [-0.2, 0) is 9.59 Å². The molecular formula is C14H27N3O2. The van der Waals surface area contributed by atoms with Gasteiger partial charge in [0.1, 0.15) is 0 Å². The van der Waals surface area contributed by atoms with Crippen molar-refractivity contribution in [2.24, 2.45) is 0 Å². The molecule has 1 saturated heterocycles. The lowest BCUT2D eigenvalue weighted by molar-refractivity contribution is -0.132. The van der Waals surface area contributed by atoms with Crippen molar-refractivity contribution in [1.82, 2.24) is 15.1 Å². The first-order valence-corrected chi connectivity index (χ1v) is 7.30. The first-order chi connectivity index (χ1) is 9.11. The SMILES string of the molecule is CN(C)C(=O)CCCNCCC(=O)N1CCCCC1. The molecule has 0 unspecified atom stereocenters. The number of carbonyl (C=O) groups excluding carboxylic acids is 2. The van der Waals surface area contributed by atoms with Crippen molar-refractivity contribution in [2.75, 3.05) is 40.3 Å². The molecule has 5 nitrogen and oxygen atoms in total. The number of nitrogens with one attached hydrogen (secondary N) is 1. The zero-order valence-corrected chi connectivity index (χ0v) is 12.3. The lowest BCUT2D eigenvalue weighted by Gasteiger charge is -2.26. The van der Waals surface area contributed by atoms with Gasteiger partial charge in [-0.05, 0) is 32.2 Å². The van der Waals surface area contributed by atoms with Crippen molar-refractivity contribution in [3.63, 3.8) is 0 Å². The van der Waals surface area contributed by atoms with Crippen LogP contribution in [0.15, 0.2) is 0 Å². The fraction of sp³-hybridized carbons (Fsp3) is 0.857. The van der Waals surface area contributed by atoms with E-state index in [0.717, 1.165) is 38.9 Å². The van der Waals surface area contributed by atoms with Crippen molar-refractivity contribution >= 4 is 11.8 Å². The zero-order chi connectivity index (χ0) is 14.1. The second-order valence-electron chi connectivity index (χ2n) is 5.33. The van der Waals surface area contributed by atoms with E-state index in [1.807, 2.05) is 4.90 Å². The Bertz CT molecular complexity index is 286. The maximum Gasteiger partial charge on any atom is 0.223 e. The molecule has 0 aliphatic carbocycles. The van der Waals surface area contributed by atoms with Gasteiger partial charge in [0.2, 0.25) is 11.8 Å². The van der Waals surface area contributed by atoms with Gasteiger partial charge in [-0.25, -0.2) is 0 Å². The molecule has 0 atom stereocenters. The van der Waals surface area contributed by atoms with Crippen LogP contribution in [0, 0.1) is 0 Å². The number of carbonyl (C=O) groups is 2. The Balaban J connectivity index is 1.98. The van der Waals surface area contributed by atoms with Crippen LogP contribution in [0.25, 0.3) is 0 Å². The van der Waals surface area contributed by atoms with Gasteiger partial charge in [0, 0.05) is 46.6 Å². The Labute approximate surface area is 116 Å². The summed E-state index contributed by atoms with van der Waals surface area (Å²) in [4.78, 5) is 26.8. The normalized spacial score (nSPS) is 15.4. The van der Waals surface area contributed by atoms with Crippen molar-refractivity contribution in [1.29, 1.82) is 0 Å². The highest BCUT2D eigenvalue weighted by atomic mass is 16.2. The van der Waals surface area contributed by atoms with Crippen molar-refractivity contribution in [2.45, 2.75) is 38.5 Å². The highest BCUT2D eigenvalue weighted by Crippen LogP contribution is 2.09. The summed E-state index contributed by atoms with van der Waals surface area (Å²) in [6.45, 7) is 3.37. The minimum atomic E-state index is 0.159. The molecule has 1 rings (SSSR count). The van der Waals surface area contributed by atoms with Crippen molar-refractivity contribution in [3.8, 4) is 0 Å². The third-order valence-corrected chi connectivity index (χ3v) is 3.47. The second-order valence-corrected chi connectivity index (χ2v) is 5.33. The first-order valence-electron chi connectivity index (χ1n) is 7.30. The predicted molar refractivity (Wildman–Crippen MR) is 75.8 cm³/mol. The Morgan fingerprint density at radius 1 is 1.05 bits per heavy atom. The quantitative estimate of drug-likeness (QED) is 0.697. The molecule has 1 aliphatic rings. The molecule has 0 aromatic heterocycles. The van der Waals surface area contributed by atoms with Gasteiger partial charge in [0.25, 0.3) is 0 Å². The average Bonchev–Trinajstić information content (AvgIpc) is 2.42. The van der Waals surface area contributed by atoms with Gasteiger partial charge in [-0.15, -0.1) is 0 Å². The van der Waals surface area contributed by atoms with Gasteiger partial charge in [-0.3, -0.25) is 9.59 Å². The Hall–Kier alpha value is -1.10. The van der Waals surface area contributed by atoms with E-state index in [2.05, 4.69) is 5.32 Å². The number of nitrogens with zero attached hydrogens (tertiary/aromatic N) is 2. The van der Waals surface area contributed by atoms with Crippen LogP contribution in [0.5, 0.6) is 0 Å². The minimum Gasteiger partial charge on any atom is -0.349 e. The van der Waals surface area contributed by atoms with Gasteiger partial charge < -0.3 is 15.1 Å². The molecule has 110 valence electrons. The number of hydrogen-bond donors (Lipinski definition) is 1.